The van der Waals surface area contributed by atoms with Crippen molar-refractivity contribution >= 4 is 5.91 Å². The van der Waals surface area contributed by atoms with Crippen molar-refractivity contribution in [3.8, 4) is 0 Å². The highest BCUT2D eigenvalue weighted by Gasteiger charge is 2.56. The summed E-state index contributed by atoms with van der Waals surface area (Å²) in [6, 6.07) is 1.64. The van der Waals surface area contributed by atoms with Crippen LogP contribution < -0.4 is 0 Å². The number of hydrogen-bond donors (Lipinski definition) is 0. The Morgan fingerprint density at radius 2 is 2.25 bits per heavy atom. The van der Waals surface area contributed by atoms with Gasteiger partial charge in [-0.2, -0.15) is 0 Å². The minimum Gasteiger partial charge on any atom is -0.424 e. The molecule has 1 aliphatic carbocycles. The number of nitrogens with zero attached hydrogens (tertiary/aromatic N) is 5. The molecule has 2 aromatic rings. The van der Waals surface area contributed by atoms with Crippen LogP contribution in [0.1, 0.15) is 41.0 Å². The Bertz CT molecular complexity index is 775. The molecule has 8 heteroatoms. The lowest BCUT2D eigenvalue weighted by Crippen LogP contribution is -2.37. The predicted octanol–water partition coefficient (Wildman–Crippen LogP) is 0.777. The molecule has 0 unspecified atom stereocenters. The summed E-state index contributed by atoms with van der Waals surface area (Å²) < 4.78 is 11.7. The molecule has 2 aliphatic heterocycles. The Morgan fingerprint density at radius 3 is 3.04 bits per heavy atom. The summed E-state index contributed by atoms with van der Waals surface area (Å²) in [4.78, 5) is 22.4. The number of amides is 1. The number of carbonyl (C=O) groups excluding carboxylic acids is 1. The number of rotatable bonds is 3. The quantitative estimate of drug-likeness (QED) is 0.822. The van der Waals surface area contributed by atoms with E-state index in [4.69, 9.17) is 9.15 Å². The number of carbonyl (C=O) groups is 1. The summed E-state index contributed by atoms with van der Waals surface area (Å²) >= 11 is 0. The highest BCUT2D eigenvalue weighted by atomic mass is 16.5. The molecule has 124 valence electrons. The van der Waals surface area contributed by atoms with E-state index in [9.17, 15) is 4.79 Å². The van der Waals surface area contributed by atoms with E-state index in [1.165, 1.54) is 6.33 Å². The van der Waals surface area contributed by atoms with Crippen molar-refractivity contribution in [2.45, 2.75) is 24.2 Å². The van der Waals surface area contributed by atoms with Crippen molar-refractivity contribution in [1.82, 2.24) is 25.1 Å². The van der Waals surface area contributed by atoms with Gasteiger partial charge in [0.15, 0.2) is 0 Å². The van der Waals surface area contributed by atoms with Crippen LogP contribution >= 0.6 is 0 Å². The zero-order valence-corrected chi connectivity index (χ0v) is 13.1. The third-order valence-corrected chi connectivity index (χ3v) is 5.26. The molecule has 3 fully saturated rings. The summed E-state index contributed by atoms with van der Waals surface area (Å²) in [5, 5.41) is 8.51. The molecule has 0 radical (unpaired) electrons. The fourth-order valence-corrected chi connectivity index (χ4v) is 3.70. The molecular formula is C16H17N5O3. The maximum atomic E-state index is 12.7. The molecule has 5 rings (SSSR count). The van der Waals surface area contributed by atoms with Crippen LogP contribution in [0, 0.1) is 5.92 Å². The van der Waals surface area contributed by atoms with Crippen molar-refractivity contribution in [1.29, 1.82) is 0 Å². The SMILES string of the molecule is O=C(c1ccncn1)N1C[C@H]2COC[C@@]2(c2nnc(C3CC3)o2)C1. The second kappa shape index (κ2) is 5.07. The number of hydrogen-bond acceptors (Lipinski definition) is 7. The third kappa shape index (κ3) is 2.06. The van der Waals surface area contributed by atoms with E-state index in [1.807, 2.05) is 4.90 Å². The molecule has 2 atom stereocenters. The topological polar surface area (TPSA) is 94.2 Å². The van der Waals surface area contributed by atoms with E-state index in [0.29, 0.717) is 43.8 Å². The van der Waals surface area contributed by atoms with E-state index in [-0.39, 0.29) is 17.2 Å². The fraction of sp³-hybridized carbons (Fsp3) is 0.562. The van der Waals surface area contributed by atoms with Crippen LogP contribution in [0.4, 0.5) is 0 Å². The number of aromatic nitrogens is 4. The molecule has 4 heterocycles. The van der Waals surface area contributed by atoms with Gasteiger partial charge in [0.25, 0.3) is 5.91 Å². The molecule has 2 saturated heterocycles. The normalized spacial score (nSPS) is 29.0. The number of ether oxygens (including phenoxy) is 1. The van der Waals surface area contributed by atoms with Crippen LogP contribution in [0.3, 0.4) is 0 Å². The van der Waals surface area contributed by atoms with Crippen molar-refractivity contribution in [3.05, 3.63) is 36.1 Å². The third-order valence-electron chi connectivity index (χ3n) is 5.26. The summed E-state index contributed by atoms with van der Waals surface area (Å²) in [6.07, 6.45) is 5.21. The molecule has 24 heavy (non-hydrogen) atoms. The van der Waals surface area contributed by atoms with Gasteiger partial charge in [0.05, 0.1) is 18.6 Å². The highest BCUT2D eigenvalue weighted by Crippen LogP contribution is 2.45. The molecule has 2 aromatic heterocycles. The van der Waals surface area contributed by atoms with E-state index < -0.39 is 0 Å². The molecule has 1 saturated carbocycles. The summed E-state index contributed by atoms with van der Waals surface area (Å²) in [5.74, 6) is 1.85. The van der Waals surface area contributed by atoms with Gasteiger partial charge in [0.1, 0.15) is 12.0 Å². The van der Waals surface area contributed by atoms with Gasteiger partial charge in [-0.1, -0.05) is 0 Å². The molecule has 8 nitrogen and oxygen atoms in total. The summed E-state index contributed by atoms with van der Waals surface area (Å²) in [5.41, 5.74) is 0.0215. The lowest BCUT2D eigenvalue weighted by atomic mass is 9.81. The van der Waals surface area contributed by atoms with Crippen LogP contribution in [0.15, 0.2) is 23.0 Å². The zero-order chi connectivity index (χ0) is 16.1. The van der Waals surface area contributed by atoms with E-state index in [2.05, 4.69) is 20.2 Å². The zero-order valence-electron chi connectivity index (χ0n) is 13.1. The van der Waals surface area contributed by atoms with Crippen molar-refractivity contribution in [3.63, 3.8) is 0 Å². The Balaban J connectivity index is 1.44. The predicted molar refractivity (Wildman–Crippen MR) is 80.2 cm³/mol. The first-order valence-electron chi connectivity index (χ1n) is 8.23. The van der Waals surface area contributed by atoms with Gasteiger partial charge in [-0.15, -0.1) is 10.2 Å². The van der Waals surface area contributed by atoms with Crippen molar-refractivity contribution in [2.75, 3.05) is 26.3 Å². The largest absolute Gasteiger partial charge is 0.424 e. The second-order valence-corrected chi connectivity index (χ2v) is 6.87. The fourth-order valence-electron chi connectivity index (χ4n) is 3.70. The van der Waals surface area contributed by atoms with Gasteiger partial charge in [-0.25, -0.2) is 9.97 Å². The summed E-state index contributed by atoms with van der Waals surface area (Å²) in [6.45, 7) is 2.25. The first kappa shape index (κ1) is 14.0. The minimum atomic E-state index is -0.386. The van der Waals surface area contributed by atoms with Gasteiger partial charge in [0, 0.05) is 31.1 Å². The van der Waals surface area contributed by atoms with Gasteiger partial charge >= 0.3 is 0 Å². The maximum absolute atomic E-state index is 12.7. The Hall–Kier alpha value is -2.35. The smallest absolute Gasteiger partial charge is 0.272 e. The first-order chi connectivity index (χ1) is 11.8. The van der Waals surface area contributed by atoms with Crippen molar-refractivity contribution in [2.24, 2.45) is 5.92 Å². The maximum Gasteiger partial charge on any atom is 0.272 e. The van der Waals surface area contributed by atoms with Crippen LogP contribution in [-0.2, 0) is 10.2 Å². The lowest BCUT2D eigenvalue weighted by Gasteiger charge is -2.22. The minimum absolute atomic E-state index is 0.0897. The lowest BCUT2D eigenvalue weighted by molar-refractivity contribution is 0.0732. The molecule has 0 aromatic carbocycles. The molecule has 0 spiro atoms. The van der Waals surface area contributed by atoms with E-state index in [0.717, 1.165) is 18.7 Å². The average molecular weight is 327 g/mol. The monoisotopic (exact) mass is 327 g/mol. The van der Waals surface area contributed by atoms with Crippen LogP contribution in [-0.4, -0.2) is 57.3 Å². The van der Waals surface area contributed by atoms with E-state index in [1.54, 1.807) is 12.3 Å². The van der Waals surface area contributed by atoms with Gasteiger partial charge in [-0.05, 0) is 18.9 Å². The highest BCUT2D eigenvalue weighted by molar-refractivity contribution is 5.92. The van der Waals surface area contributed by atoms with Gasteiger partial charge in [-0.3, -0.25) is 4.79 Å². The molecular weight excluding hydrogens is 310 g/mol. The van der Waals surface area contributed by atoms with E-state index >= 15 is 0 Å². The number of likely N-dealkylation sites (tertiary alicyclic amines) is 1. The standard InChI is InChI=1S/C16H17N5O3/c22-14(12-3-4-17-9-18-12)21-5-11-6-23-8-16(11,7-21)15-20-19-13(24-15)10-1-2-10/h3-4,9-11H,1-2,5-8H2/t11-,16-/m0/s1. The molecule has 3 aliphatic rings. The van der Waals surface area contributed by atoms with Gasteiger partial charge < -0.3 is 14.1 Å². The Morgan fingerprint density at radius 1 is 1.33 bits per heavy atom. The van der Waals surface area contributed by atoms with Gasteiger partial charge in [0.2, 0.25) is 11.8 Å². The number of fused-ring (bicyclic) bond motifs is 1. The Labute approximate surface area is 138 Å². The molecule has 0 N–H and O–H groups in total. The van der Waals surface area contributed by atoms with Crippen LogP contribution in [0.25, 0.3) is 0 Å². The molecule has 0 bridgehead atoms. The van der Waals surface area contributed by atoms with Crippen molar-refractivity contribution < 1.29 is 13.9 Å². The molecule has 1 amide bonds. The first-order valence-corrected chi connectivity index (χ1v) is 8.23. The van der Waals surface area contributed by atoms with Crippen LogP contribution in [0.2, 0.25) is 0 Å². The Kier molecular flexibility index (Phi) is 2.97. The second-order valence-electron chi connectivity index (χ2n) is 6.87. The average Bonchev–Trinajstić information content (AvgIpc) is 3.05. The van der Waals surface area contributed by atoms with Crippen LogP contribution in [0.5, 0.6) is 0 Å². The summed E-state index contributed by atoms with van der Waals surface area (Å²) in [7, 11) is 0.